The van der Waals surface area contributed by atoms with Crippen molar-refractivity contribution in [3.05, 3.63) is 66.2 Å². The number of methoxy groups -OCH3 is 2. The number of ether oxygens (including phenoxy) is 3. The first-order valence-corrected chi connectivity index (χ1v) is 7.50. The zero-order chi connectivity index (χ0) is 17.4. The Labute approximate surface area is 141 Å². The first-order valence-electron chi connectivity index (χ1n) is 7.50. The Morgan fingerprint density at radius 1 is 1.08 bits per heavy atom. The lowest BCUT2D eigenvalue weighted by molar-refractivity contribution is 0.0950. The number of nitrogens with one attached hydrogen (secondary N) is 1. The molecule has 24 heavy (non-hydrogen) atoms. The Morgan fingerprint density at radius 3 is 2.46 bits per heavy atom. The summed E-state index contributed by atoms with van der Waals surface area (Å²) in [5.74, 6) is 1.68. The van der Waals surface area contributed by atoms with Gasteiger partial charge in [-0.1, -0.05) is 24.8 Å². The molecule has 0 bridgehead atoms. The van der Waals surface area contributed by atoms with Gasteiger partial charge in [0.25, 0.3) is 5.91 Å². The van der Waals surface area contributed by atoms with Gasteiger partial charge in [0.1, 0.15) is 12.4 Å². The number of rotatable bonds is 8. The average Bonchev–Trinajstić information content (AvgIpc) is 2.64. The second kappa shape index (κ2) is 8.62. The van der Waals surface area contributed by atoms with Crippen LogP contribution in [-0.2, 0) is 6.54 Å². The van der Waals surface area contributed by atoms with Crippen molar-refractivity contribution in [1.29, 1.82) is 0 Å². The molecule has 0 aliphatic carbocycles. The van der Waals surface area contributed by atoms with Gasteiger partial charge in [0.2, 0.25) is 0 Å². The Morgan fingerprint density at radius 2 is 1.83 bits per heavy atom. The minimum absolute atomic E-state index is 0.181. The fraction of sp³-hybridized carbons (Fsp3) is 0.211. The molecular weight excluding hydrogens is 306 g/mol. The third-order valence-electron chi connectivity index (χ3n) is 3.39. The van der Waals surface area contributed by atoms with E-state index in [1.807, 2.05) is 24.3 Å². The molecule has 0 saturated heterocycles. The molecule has 2 rings (SSSR count). The lowest BCUT2D eigenvalue weighted by Crippen LogP contribution is -2.22. The molecule has 0 fully saturated rings. The van der Waals surface area contributed by atoms with Crippen LogP contribution < -0.4 is 19.5 Å². The summed E-state index contributed by atoms with van der Waals surface area (Å²) in [6.45, 7) is 4.41. The number of carbonyl (C=O) groups is 1. The molecule has 0 aromatic heterocycles. The van der Waals surface area contributed by atoms with E-state index in [-0.39, 0.29) is 5.91 Å². The molecule has 1 amide bonds. The molecule has 0 radical (unpaired) electrons. The Balaban J connectivity index is 2.01. The third kappa shape index (κ3) is 4.52. The van der Waals surface area contributed by atoms with E-state index in [0.717, 1.165) is 11.3 Å². The largest absolute Gasteiger partial charge is 0.497 e. The predicted octanol–water partition coefficient (Wildman–Crippen LogP) is 3.20. The van der Waals surface area contributed by atoms with Gasteiger partial charge in [0.05, 0.1) is 14.2 Å². The quantitative estimate of drug-likeness (QED) is 0.757. The molecule has 0 aliphatic heterocycles. The van der Waals surface area contributed by atoms with Crippen LogP contribution in [0.1, 0.15) is 15.9 Å². The van der Waals surface area contributed by atoms with Crippen LogP contribution in [-0.4, -0.2) is 26.7 Å². The molecule has 0 saturated carbocycles. The lowest BCUT2D eigenvalue weighted by Gasteiger charge is -2.11. The molecule has 126 valence electrons. The smallest absolute Gasteiger partial charge is 0.251 e. The van der Waals surface area contributed by atoms with Gasteiger partial charge in [0.15, 0.2) is 11.5 Å². The minimum Gasteiger partial charge on any atom is -0.497 e. The molecule has 2 aromatic carbocycles. The van der Waals surface area contributed by atoms with Crippen LogP contribution in [0, 0.1) is 0 Å². The SMILES string of the molecule is C=CCOc1ccc(C(=O)NCc2ccc(OC)cc2)cc1OC. The molecule has 5 nitrogen and oxygen atoms in total. The first kappa shape index (κ1) is 17.4. The van der Waals surface area contributed by atoms with E-state index in [9.17, 15) is 4.79 Å². The highest BCUT2D eigenvalue weighted by Crippen LogP contribution is 2.28. The fourth-order valence-electron chi connectivity index (χ4n) is 2.10. The summed E-state index contributed by atoms with van der Waals surface area (Å²) in [5.41, 5.74) is 1.49. The summed E-state index contributed by atoms with van der Waals surface area (Å²) in [5, 5.41) is 2.87. The zero-order valence-electron chi connectivity index (χ0n) is 13.9. The topological polar surface area (TPSA) is 56.8 Å². The fourth-order valence-corrected chi connectivity index (χ4v) is 2.10. The van der Waals surface area contributed by atoms with Crippen molar-refractivity contribution >= 4 is 5.91 Å². The highest BCUT2D eigenvalue weighted by molar-refractivity contribution is 5.94. The number of carbonyl (C=O) groups excluding carboxylic acids is 1. The van der Waals surface area contributed by atoms with Gasteiger partial charge in [0, 0.05) is 12.1 Å². The predicted molar refractivity (Wildman–Crippen MR) is 92.9 cm³/mol. The standard InChI is InChI=1S/C19H21NO4/c1-4-11-24-17-10-7-15(12-18(17)23-3)19(21)20-13-14-5-8-16(22-2)9-6-14/h4-10,12H,1,11,13H2,2-3H3,(H,20,21). The van der Waals surface area contributed by atoms with Crippen LogP contribution in [0.15, 0.2) is 55.1 Å². The van der Waals surface area contributed by atoms with Crippen molar-refractivity contribution in [2.45, 2.75) is 6.54 Å². The summed E-state index contributed by atoms with van der Waals surface area (Å²) in [4.78, 5) is 12.3. The number of amides is 1. The van der Waals surface area contributed by atoms with Gasteiger partial charge in [-0.3, -0.25) is 4.79 Å². The lowest BCUT2D eigenvalue weighted by atomic mass is 10.1. The highest BCUT2D eigenvalue weighted by Gasteiger charge is 2.11. The molecule has 5 heteroatoms. The summed E-state index contributed by atoms with van der Waals surface area (Å²) < 4.78 is 15.9. The van der Waals surface area contributed by atoms with Crippen molar-refractivity contribution in [3.63, 3.8) is 0 Å². The molecule has 0 aliphatic rings. The van der Waals surface area contributed by atoms with E-state index in [2.05, 4.69) is 11.9 Å². The Kier molecular flexibility index (Phi) is 6.25. The van der Waals surface area contributed by atoms with E-state index in [4.69, 9.17) is 14.2 Å². The van der Waals surface area contributed by atoms with Crippen LogP contribution in [0.5, 0.6) is 17.2 Å². The molecule has 0 spiro atoms. The van der Waals surface area contributed by atoms with Gasteiger partial charge in [-0.2, -0.15) is 0 Å². The van der Waals surface area contributed by atoms with Crippen molar-refractivity contribution in [2.24, 2.45) is 0 Å². The van der Waals surface area contributed by atoms with Gasteiger partial charge >= 0.3 is 0 Å². The summed E-state index contributed by atoms with van der Waals surface area (Å²) in [7, 11) is 3.15. The van der Waals surface area contributed by atoms with Crippen molar-refractivity contribution < 1.29 is 19.0 Å². The first-order chi connectivity index (χ1) is 11.7. The minimum atomic E-state index is -0.181. The second-order valence-corrected chi connectivity index (χ2v) is 5.00. The van der Waals surface area contributed by atoms with E-state index >= 15 is 0 Å². The van der Waals surface area contributed by atoms with Gasteiger partial charge in [-0.25, -0.2) is 0 Å². The van der Waals surface area contributed by atoms with E-state index in [0.29, 0.717) is 30.2 Å². The van der Waals surface area contributed by atoms with Crippen molar-refractivity contribution in [3.8, 4) is 17.2 Å². The number of hydrogen-bond donors (Lipinski definition) is 1. The van der Waals surface area contributed by atoms with Crippen LogP contribution in [0.2, 0.25) is 0 Å². The maximum atomic E-state index is 12.3. The maximum Gasteiger partial charge on any atom is 0.251 e. The maximum absolute atomic E-state index is 12.3. The van der Waals surface area contributed by atoms with Gasteiger partial charge in [-0.15, -0.1) is 0 Å². The van der Waals surface area contributed by atoms with E-state index in [1.54, 1.807) is 31.4 Å². The second-order valence-electron chi connectivity index (χ2n) is 5.00. The molecule has 0 heterocycles. The van der Waals surface area contributed by atoms with Gasteiger partial charge in [-0.05, 0) is 35.9 Å². The van der Waals surface area contributed by atoms with Crippen LogP contribution >= 0.6 is 0 Å². The van der Waals surface area contributed by atoms with E-state index in [1.165, 1.54) is 7.11 Å². The third-order valence-corrected chi connectivity index (χ3v) is 3.39. The average molecular weight is 327 g/mol. The molecule has 1 N–H and O–H groups in total. The normalized spacial score (nSPS) is 9.92. The van der Waals surface area contributed by atoms with Crippen molar-refractivity contribution in [1.82, 2.24) is 5.32 Å². The van der Waals surface area contributed by atoms with E-state index < -0.39 is 0 Å². The van der Waals surface area contributed by atoms with Gasteiger partial charge < -0.3 is 19.5 Å². The number of hydrogen-bond acceptors (Lipinski definition) is 4. The van der Waals surface area contributed by atoms with Crippen LogP contribution in [0.4, 0.5) is 0 Å². The zero-order valence-corrected chi connectivity index (χ0v) is 13.9. The summed E-state index contributed by atoms with van der Waals surface area (Å²) in [6, 6.07) is 12.6. The number of benzene rings is 2. The van der Waals surface area contributed by atoms with Crippen molar-refractivity contribution in [2.75, 3.05) is 20.8 Å². The van der Waals surface area contributed by atoms with Crippen LogP contribution in [0.25, 0.3) is 0 Å². The summed E-state index contributed by atoms with van der Waals surface area (Å²) >= 11 is 0. The summed E-state index contributed by atoms with van der Waals surface area (Å²) in [6.07, 6.45) is 1.65. The van der Waals surface area contributed by atoms with Crippen LogP contribution in [0.3, 0.4) is 0 Å². The Bertz CT molecular complexity index is 695. The highest BCUT2D eigenvalue weighted by atomic mass is 16.5. The molecular formula is C19H21NO4. The molecule has 2 aromatic rings. The molecule has 0 atom stereocenters. The monoisotopic (exact) mass is 327 g/mol. The Hall–Kier alpha value is -2.95. The molecule has 0 unspecified atom stereocenters.